The molecule has 3 N–H and O–H groups in total. The Kier molecular flexibility index (Phi) is 4.17. The van der Waals surface area contributed by atoms with Gasteiger partial charge in [-0.2, -0.15) is 0 Å². The smallest absolute Gasteiger partial charge is 0.110 e. The van der Waals surface area contributed by atoms with E-state index in [9.17, 15) is 0 Å². The summed E-state index contributed by atoms with van der Waals surface area (Å²) < 4.78 is 5.54. The molecule has 0 saturated heterocycles. The van der Waals surface area contributed by atoms with Crippen molar-refractivity contribution in [2.75, 3.05) is 6.61 Å². The fraction of sp³-hybridized carbons (Fsp3) is 0.833. The fourth-order valence-electron chi connectivity index (χ4n) is 1.65. The highest BCUT2D eigenvalue weighted by Gasteiger charge is 2.26. The Labute approximate surface area is 93.0 Å². The van der Waals surface area contributed by atoms with Gasteiger partial charge in [-0.3, -0.25) is 5.84 Å². The first kappa shape index (κ1) is 12.5. The lowest BCUT2D eigenvalue weighted by Crippen LogP contribution is -2.39. The Morgan fingerprint density at radius 1 is 1.53 bits per heavy atom. The maximum Gasteiger partial charge on any atom is 0.110 e. The Morgan fingerprint density at radius 2 is 2.20 bits per heavy atom. The summed E-state index contributed by atoms with van der Waals surface area (Å²) in [5.74, 6) is 7.20. The van der Waals surface area contributed by atoms with E-state index in [2.05, 4.69) is 39.2 Å². The largest absolute Gasteiger partial charge is 0.496 e. The van der Waals surface area contributed by atoms with Crippen molar-refractivity contribution >= 4 is 0 Å². The minimum absolute atomic E-state index is 0.168. The first-order valence-electron chi connectivity index (χ1n) is 5.74. The van der Waals surface area contributed by atoms with Gasteiger partial charge in [0.25, 0.3) is 0 Å². The summed E-state index contributed by atoms with van der Waals surface area (Å²) in [7, 11) is 0. The summed E-state index contributed by atoms with van der Waals surface area (Å²) in [4.78, 5) is 0. The molecule has 0 fully saturated rings. The summed E-state index contributed by atoms with van der Waals surface area (Å²) in [5, 5.41) is 0. The monoisotopic (exact) mass is 212 g/mol. The van der Waals surface area contributed by atoms with Crippen LogP contribution in [-0.4, -0.2) is 12.6 Å². The van der Waals surface area contributed by atoms with E-state index in [1.54, 1.807) is 0 Å². The van der Waals surface area contributed by atoms with Crippen LogP contribution in [0.15, 0.2) is 11.8 Å². The van der Waals surface area contributed by atoms with Crippen molar-refractivity contribution in [3.63, 3.8) is 0 Å². The van der Waals surface area contributed by atoms with Crippen molar-refractivity contribution < 1.29 is 4.74 Å². The lowest BCUT2D eigenvalue weighted by Gasteiger charge is -2.30. The average molecular weight is 212 g/mol. The molecular weight excluding hydrogens is 188 g/mol. The van der Waals surface area contributed by atoms with Gasteiger partial charge < -0.3 is 4.74 Å². The van der Waals surface area contributed by atoms with Crippen molar-refractivity contribution in [1.82, 2.24) is 5.43 Å². The summed E-state index contributed by atoms with van der Waals surface area (Å²) >= 11 is 0. The van der Waals surface area contributed by atoms with Gasteiger partial charge in [-0.15, -0.1) is 0 Å². The quantitative estimate of drug-likeness (QED) is 0.555. The number of rotatable bonds is 4. The van der Waals surface area contributed by atoms with Crippen molar-refractivity contribution in [3.05, 3.63) is 11.8 Å². The molecule has 0 aromatic heterocycles. The maximum atomic E-state index is 5.57. The van der Waals surface area contributed by atoms with Gasteiger partial charge in [0.2, 0.25) is 0 Å². The Hall–Kier alpha value is -0.540. The number of hydrogen-bond donors (Lipinski definition) is 2. The number of nitrogens with one attached hydrogen (secondary N) is 1. The average Bonchev–Trinajstić information content (AvgIpc) is 2.64. The number of hydrogen-bond acceptors (Lipinski definition) is 3. The third kappa shape index (κ3) is 3.50. The summed E-state index contributed by atoms with van der Waals surface area (Å²) in [6, 6.07) is 0.168. The highest BCUT2D eigenvalue weighted by molar-refractivity contribution is 5.07. The van der Waals surface area contributed by atoms with Crippen molar-refractivity contribution in [2.45, 2.75) is 46.6 Å². The van der Waals surface area contributed by atoms with Crippen LogP contribution in [-0.2, 0) is 4.74 Å². The molecule has 2 unspecified atom stereocenters. The van der Waals surface area contributed by atoms with Crippen LogP contribution in [0, 0.1) is 11.3 Å². The third-order valence-electron chi connectivity index (χ3n) is 3.34. The summed E-state index contributed by atoms with van der Waals surface area (Å²) in [5.41, 5.74) is 3.17. The zero-order valence-electron chi connectivity index (χ0n) is 10.3. The first-order chi connectivity index (χ1) is 6.95. The number of ether oxygens (including phenoxy) is 1. The van der Waals surface area contributed by atoms with Gasteiger partial charge in [0, 0.05) is 6.42 Å². The minimum atomic E-state index is 0.168. The summed E-state index contributed by atoms with van der Waals surface area (Å²) in [6.07, 6.45) is 4.17. The third-order valence-corrected chi connectivity index (χ3v) is 3.34. The predicted molar refractivity (Wildman–Crippen MR) is 63.0 cm³/mol. The normalized spacial score (nSPS) is 20.7. The van der Waals surface area contributed by atoms with E-state index in [0.717, 1.165) is 25.2 Å². The van der Waals surface area contributed by atoms with Gasteiger partial charge in [0.15, 0.2) is 0 Å². The van der Waals surface area contributed by atoms with E-state index in [1.165, 1.54) is 0 Å². The van der Waals surface area contributed by atoms with E-state index >= 15 is 0 Å². The molecular formula is C12H24N2O. The Balaban J connectivity index is 2.53. The van der Waals surface area contributed by atoms with Crippen LogP contribution in [0.25, 0.3) is 0 Å². The second kappa shape index (κ2) is 4.99. The molecule has 0 amide bonds. The molecule has 0 spiro atoms. The molecule has 0 bridgehead atoms. The molecule has 0 saturated carbocycles. The molecule has 3 nitrogen and oxygen atoms in total. The maximum absolute atomic E-state index is 5.57. The van der Waals surface area contributed by atoms with Crippen LogP contribution in [0.1, 0.15) is 40.5 Å². The van der Waals surface area contributed by atoms with E-state index in [0.29, 0.717) is 11.3 Å². The topological polar surface area (TPSA) is 47.3 Å². The van der Waals surface area contributed by atoms with Crippen LogP contribution in [0.3, 0.4) is 0 Å². The van der Waals surface area contributed by atoms with Gasteiger partial charge in [0.05, 0.1) is 12.6 Å². The molecule has 1 aliphatic heterocycles. The molecule has 0 aliphatic carbocycles. The second-order valence-electron chi connectivity index (χ2n) is 5.47. The highest BCUT2D eigenvalue weighted by atomic mass is 16.5. The van der Waals surface area contributed by atoms with Gasteiger partial charge in [0.1, 0.15) is 5.76 Å². The van der Waals surface area contributed by atoms with Crippen LogP contribution in [0.2, 0.25) is 0 Å². The molecule has 0 radical (unpaired) electrons. The number of nitrogens with two attached hydrogens (primary N) is 1. The highest BCUT2D eigenvalue weighted by Crippen LogP contribution is 2.31. The van der Waals surface area contributed by atoms with Crippen molar-refractivity contribution in [2.24, 2.45) is 17.2 Å². The molecule has 0 aromatic carbocycles. The molecule has 1 aliphatic rings. The second-order valence-corrected chi connectivity index (χ2v) is 5.47. The minimum Gasteiger partial charge on any atom is -0.496 e. The zero-order chi connectivity index (χ0) is 11.5. The molecule has 88 valence electrons. The fourth-order valence-corrected chi connectivity index (χ4v) is 1.65. The van der Waals surface area contributed by atoms with Crippen LogP contribution >= 0.6 is 0 Å². The lowest BCUT2D eigenvalue weighted by molar-refractivity contribution is 0.178. The van der Waals surface area contributed by atoms with Crippen LogP contribution < -0.4 is 11.3 Å². The number of hydrazine groups is 1. The van der Waals surface area contributed by atoms with Crippen molar-refractivity contribution in [3.8, 4) is 0 Å². The van der Waals surface area contributed by atoms with Gasteiger partial charge in [-0.25, -0.2) is 5.43 Å². The first-order valence-corrected chi connectivity index (χ1v) is 5.74. The van der Waals surface area contributed by atoms with Crippen molar-refractivity contribution in [1.29, 1.82) is 0 Å². The summed E-state index contributed by atoms with van der Waals surface area (Å²) in [6.45, 7) is 9.84. The zero-order valence-corrected chi connectivity index (χ0v) is 10.3. The van der Waals surface area contributed by atoms with E-state index in [1.807, 2.05) is 0 Å². The van der Waals surface area contributed by atoms with Crippen LogP contribution in [0.5, 0.6) is 0 Å². The van der Waals surface area contributed by atoms with Crippen LogP contribution in [0.4, 0.5) is 0 Å². The molecule has 3 heteroatoms. The molecule has 0 aromatic rings. The molecule has 1 heterocycles. The Morgan fingerprint density at radius 3 is 2.60 bits per heavy atom. The molecule has 1 rings (SSSR count). The Bertz CT molecular complexity index is 230. The molecule has 2 atom stereocenters. The van der Waals surface area contributed by atoms with E-state index in [4.69, 9.17) is 10.6 Å². The van der Waals surface area contributed by atoms with Gasteiger partial charge in [-0.1, -0.05) is 27.7 Å². The lowest BCUT2D eigenvalue weighted by atomic mass is 9.78. The van der Waals surface area contributed by atoms with Gasteiger partial charge in [-0.05, 0) is 23.8 Å². The van der Waals surface area contributed by atoms with E-state index in [-0.39, 0.29) is 6.04 Å². The van der Waals surface area contributed by atoms with Gasteiger partial charge >= 0.3 is 0 Å². The molecule has 15 heavy (non-hydrogen) atoms. The van der Waals surface area contributed by atoms with E-state index < -0.39 is 0 Å². The predicted octanol–water partition coefficient (Wildman–Crippen LogP) is 2.19. The SMILES string of the molecule is CC(CC(NN)C1=CCCO1)C(C)(C)C. The standard InChI is InChI=1S/C12H24N2O/c1-9(12(2,3)4)8-10(14-13)11-6-5-7-15-11/h6,9-10,14H,5,7-8,13H2,1-4H3.